The van der Waals surface area contributed by atoms with Crippen LogP contribution in [0, 0.1) is 0 Å². The van der Waals surface area contributed by atoms with Gasteiger partial charge in [0.15, 0.2) is 5.84 Å². The molecule has 4 nitrogen and oxygen atoms in total. The molecule has 14 heavy (non-hydrogen) atoms. The molecule has 0 saturated heterocycles. The molecule has 72 valence electrons. The van der Waals surface area contributed by atoms with Crippen LogP contribution < -0.4 is 0 Å². The van der Waals surface area contributed by atoms with Crippen molar-refractivity contribution in [2.75, 3.05) is 7.05 Å². The van der Waals surface area contributed by atoms with E-state index in [2.05, 4.69) is 26.7 Å². The Bertz CT molecular complexity index is 365. The molecule has 0 fully saturated rings. The number of rotatable bonds is 1. The van der Waals surface area contributed by atoms with E-state index in [1.807, 2.05) is 19.1 Å². The lowest BCUT2D eigenvalue weighted by Crippen LogP contribution is -2.00. The minimum atomic E-state index is 0.543. The molecule has 0 bridgehead atoms. The summed E-state index contributed by atoms with van der Waals surface area (Å²) >= 11 is 0. The summed E-state index contributed by atoms with van der Waals surface area (Å²) in [6.07, 6.45) is 3.39. The van der Waals surface area contributed by atoms with Crippen LogP contribution in [0.1, 0.15) is 12.5 Å². The van der Waals surface area contributed by atoms with Crippen molar-refractivity contribution in [3.05, 3.63) is 30.1 Å². The van der Waals surface area contributed by atoms with Crippen molar-refractivity contribution in [2.24, 2.45) is 15.0 Å². The Labute approximate surface area is 83.2 Å². The SMILES string of the molecule is C=N/C(=N\C(C)=N/C)c1cccnc1. The average Bonchev–Trinajstić information content (AvgIpc) is 2.26. The molecule has 0 N–H and O–H groups in total. The molecule has 0 aliphatic rings. The summed E-state index contributed by atoms with van der Waals surface area (Å²) in [7, 11) is 1.68. The van der Waals surface area contributed by atoms with Crippen LogP contribution in [0.25, 0.3) is 0 Å². The first-order chi connectivity index (χ1) is 6.77. The summed E-state index contributed by atoms with van der Waals surface area (Å²) in [5, 5.41) is 0. The van der Waals surface area contributed by atoms with Gasteiger partial charge in [0, 0.05) is 25.0 Å². The van der Waals surface area contributed by atoms with E-state index in [0.717, 1.165) is 5.56 Å². The molecule has 1 rings (SSSR count). The van der Waals surface area contributed by atoms with Crippen LogP contribution in [0.2, 0.25) is 0 Å². The van der Waals surface area contributed by atoms with E-state index in [1.165, 1.54) is 0 Å². The van der Waals surface area contributed by atoms with Gasteiger partial charge in [-0.05, 0) is 25.8 Å². The molecule has 4 heteroatoms. The lowest BCUT2D eigenvalue weighted by Gasteiger charge is -1.98. The zero-order valence-corrected chi connectivity index (χ0v) is 8.31. The van der Waals surface area contributed by atoms with Crippen LogP contribution in [0.15, 0.2) is 39.5 Å². The Morgan fingerprint density at radius 2 is 2.29 bits per heavy atom. The molecule has 1 heterocycles. The summed E-state index contributed by atoms with van der Waals surface area (Å²) in [6, 6.07) is 3.71. The van der Waals surface area contributed by atoms with E-state index in [9.17, 15) is 0 Å². The van der Waals surface area contributed by atoms with E-state index in [-0.39, 0.29) is 0 Å². The first kappa shape index (κ1) is 10.2. The Kier molecular flexibility index (Phi) is 3.67. The molecule has 0 aliphatic carbocycles. The first-order valence-corrected chi connectivity index (χ1v) is 4.17. The van der Waals surface area contributed by atoms with Gasteiger partial charge < -0.3 is 0 Å². The largest absolute Gasteiger partial charge is 0.274 e. The highest BCUT2D eigenvalue weighted by atomic mass is 15.0. The molecule has 0 aliphatic heterocycles. The maximum absolute atomic E-state index is 4.18. The molecular formula is C10H12N4. The van der Waals surface area contributed by atoms with E-state index in [1.54, 1.807) is 19.4 Å². The van der Waals surface area contributed by atoms with Crippen LogP contribution in [-0.2, 0) is 0 Å². The van der Waals surface area contributed by atoms with Gasteiger partial charge in [-0.15, -0.1) is 0 Å². The van der Waals surface area contributed by atoms with Gasteiger partial charge in [0.2, 0.25) is 0 Å². The van der Waals surface area contributed by atoms with Gasteiger partial charge in [-0.1, -0.05) is 0 Å². The van der Waals surface area contributed by atoms with Crippen LogP contribution >= 0.6 is 0 Å². The molecular weight excluding hydrogens is 176 g/mol. The van der Waals surface area contributed by atoms with E-state index < -0.39 is 0 Å². The van der Waals surface area contributed by atoms with Crippen LogP contribution in [0.4, 0.5) is 0 Å². The zero-order chi connectivity index (χ0) is 10.4. The monoisotopic (exact) mass is 188 g/mol. The Morgan fingerprint density at radius 1 is 1.50 bits per heavy atom. The highest BCUT2D eigenvalue weighted by Gasteiger charge is 1.99. The van der Waals surface area contributed by atoms with Crippen LogP contribution in [-0.4, -0.2) is 30.4 Å². The molecule has 0 saturated carbocycles. The van der Waals surface area contributed by atoms with Gasteiger partial charge in [0.25, 0.3) is 0 Å². The van der Waals surface area contributed by atoms with Crippen molar-refractivity contribution in [1.82, 2.24) is 4.98 Å². The third kappa shape index (κ3) is 2.58. The highest BCUT2D eigenvalue weighted by molar-refractivity contribution is 6.07. The maximum Gasteiger partial charge on any atom is 0.162 e. The summed E-state index contributed by atoms with van der Waals surface area (Å²) in [4.78, 5) is 15.9. The fourth-order valence-corrected chi connectivity index (χ4v) is 0.889. The Morgan fingerprint density at radius 3 is 2.79 bits per heavy atom. The van der Waals surface area contributed by atoms with Gasteiger partial charge in [0.1, 0.15) is 5.84 Å². The fraction of sp³-hybridized carbons (Fsp3) is 0.200. The predicted octanol–water partition coefficient (Wildman–Crippen LogP) is 1.58. The second-order valence-corrected chi connectivity index (χ2v) is 2.61. The summed E-state index contributed by atoms with van der Waals surface area (Å²) in [5.41, 5.74) is 0.838. The number of nitrogens with zero attached hydrogens (tertiary/aromatic N) is 4. The van der Waals surface area contributed by atoms with E-state index in [0.29, 0.717) is 11.7 Å². The highest BCUT2D eigenvalue weighted by Crippen LogP contribution is 2.00. The second-order valence-electron chi connectivity index (χ2n) is 2.61. The zero-order valence-electron chi connectivity index (χ0n) is 8.31. The van der Waals surface area contributed by atoms with Gasteiger partial charge in [-0.2, -0.15) is 0 Å². The van der Waals surface area contributed by atoms with Crippen LogP contribution in [0.5, 0.6) is 0 Å². The predicted molar refractivity (Wildman–Crippen MR) is 59.4 cm³/mol. The minimum Gasteiger partial charge on any atom is -0.274 e. The molecule has 0 radical (unpaired) electrons. The van der Waals surface area contributed by atoms with Crippen LogP contribution in [0.3, 0.4) is 0 Å². The first-order valence-electron chi connectivity index (χ1n) is 4.17. The van der Waals surface area contributed by atoms with Crippen molar-refractivity contribution in [2.45, 2.75) is 6.92 Å². The molecule has 0 atom stereocenters. The third-order valence-corrected chi connectivity index (χ3v) is 1.66. The van der Waals surface area contributed by atoms with Gasteiger partial charge >= 0.3 is 0 Å². The van der Waals surface area contributed by atoms with Crippen molar-refractivity contribution in [3.63, 3.8) is 0 Å². The fourth-order valence-electron chi connectivity index (χ4n) is 0.889. The third-order valence-electron chi connectivity index (χ3n) is 1.66. The normalized spacial score (nSPS) is 12.7. The topological polar surface area (TPSA) is 50.0 Å². The quantitative estimate of drug-likeness (QED) is 0.487. The molecule has 0 aromatic carbocycles. The average molecular weight is 188 g/mol. The Hall–Kier alpha value is -1.84. The molecule has 1 aromatic rings. The number of aromatic nitrogens is 1. The van der Waals surface area contributed by atoms with E-state index in [4.69, 9.17) is 0 Å². The Balaban J connectivity index is 3.05. The maximum atomic E-state index is 4.18. The lowest BCUT2D eigenvalue weighted by atomic mass is 10.2. The lowest BCUT2D eigenvalue weighted by molar-refractivity contribution is 1.30. The molecule has 0 spiro atoms. The summed E-state index contributed by atoms with van der Waals surface area (Å²) in [5.74, 6) is 1.21. The van der Waals surface area contributed by atoms with Gasteiger partial charge in [-0.25, -0.2) is 9.98 Å². The van der Waals surface area contributed by atoms with E-state index >= 15 is 0 Å². The number of hydrogen-bond acceptors (Lipinski definition) is 2. The van der Waals surface area contributed by atoms with Gasteiger partial charge in [-0.3, -0.25) is 9.98 Å². The smallest absolute Gasteiger partial charge is 0.162 e. The van der Waals surface area contributed by atoms with Crippen molar-refractivity contribution in [1.29, 1.82) is 0 Å². The number of amidine groups is 2. The number of aliphatic imine (C=N–C) groups is 3. The number of pyridine rings is 1. The molecule has 1 aromatic heterocycles. The van der Waals surface area contributed by atoms with Gasteiger partial charge in [0.05, 0.1) is 0 Å². The van der Waals surface area contributed by atoms with Crippen molar-refractivity contribution in [3.8, 4) is 0 Å². The summed E-state index contributed by atoms with van der Waals surface area (Å²) < 4.78 is 0. The number of hydrogen-bond donors (Lipinski definition) is 0. The second kappa shape index (κ2) is 5.01. The molecule has 0 amide bonds. The van der Waals surface area contributed by atoms with Crippen molar-refractivity contribution >= 4 is 18.4 Å². The minimum absolute atomic E-state index is 0.543. The molecule has 0 unspecified atom stereocenters. The van der Waals surface area contributed by atoms with Crippen molar-refractivity contribution < 1.29 is 0 Å². The summed E-state index contributed by atoms with van der Waals surface area (Å²) in [6.45, 7) is 5.27. The standard InChI is InChI=1S/C10H12N4/c1-8(11-2)14-10(12-3)9-5-4-6-13-7-9/h4-7H,3H2,1-2H3/b11-8-,14-10-.